The Balaban J connectivity index is 0.000000423. The molecule has 9 nitrogen and oxygen atoms in total. The van der Waals surface area contributed by atoms with Gasteiger partial charge in [-0.15, -0.1) is 10.1 Å². The van der Waals surface area contributed by atoms with Crippen molar-refractivity contribution in [1.29, 1.82) is 0 Å². The van der Waals surface area contributed by atoms with Crippen LogP contribution >= 0.6 is 0 Å². The zero-order valence-corrected chi connectivity index (χ0v) is 7.92. The summed E-state index contributed by atoms with van der Waals surface area (Å²) >= 11 is 0. The first-order chi connectivity index (χ1) is 6.77. The summed E-state index contributed by atoms with van der Waals surface area (Å²) in [5.74, 6) is 0. The lowest BCUT2D eigenvalue weighted by atomic mass is 9.99. The largest absolute Gasteiger partial charge is 0.388 e. The second kappa shape index (κ2) is 5.78. The Morgan fingerprint density at radius 1 is 1.27 bits per heavy atom. The molecule has 6 N–H and O–H groups in total. The van der Waals surface area contributed by atoms with Crippen LogP contribution in [0.4, 0.5) is 0 Å². The maximum absolute atomic E-state index is 9.14. The summed E-state index contributed by atoms with van der Waals surface area (Å²) in [6.45, 7) is 1.58. The van der Waals surface area contributed by atoms with Crippen molar-refractivity contribution in [2.45, 2.75) is 37.6 Å². The van der Waals surface area contributed by atoms with Crippen LogP contribution in [0.15, 0.2) is 0 Å². The molecule has 1 unspecified atom stereocenters. The van der Waals surface area contributed by atoms with Crippen molar-refractivity contribution in [3.63, 3.8) is 0 Å². The third-order valence-corrected chi connectivity index (χ3v) is 1.89. The number of nitrogens with two attached hydrogens (primary N) is 1. The van der Waals surface area contributed by atoms with Gasteiger partial charge in [-0.05, 0) is 6.92 Å². The molecule has 1 aliphatic heterocycles. The van der Waals surface area contributed by atoms with Crippen LogP contribution in [0.3, 0.4) is 0 Å². The van der Waals surface area contributed by atoms with Crippen molar-refractivity contribution >= 4 is 0 Å². The van der Waals surface area contributed by atoms with Crippen LogP contribution in [-0.2, 0) is 4.74 Å². The third kappa shape index (κ3) is 4.36. The highest BCUT2D eigenvalue weighted by atomic mass is 16.9. The van der Waals surface area contributed by atoms with E-state index in [0.717, 1.165) is 0 Å². The summed E-state index contributed by atoms with van der Waals surface area (Å²) in [5.41, 5.74) is 5.28. The van der Waals surface area contributed by atoms with Gasteiger partial charge in [-0.1, -0.05) is 0 Å². The van der Waals surface area contributed by atoms with E-state index in [1.807, 2.05) is 0 Å². The second-order valence-electron chi connectivity index (χ2n) is 3.02. The second-order valence-corrected chi connectivity index (χ2v) is 3.02. The molecule has 15 heavy (non-hydrogen) atoms. The fraction of sp³-hybridized carbons (Fsp3) is 1.00. The fourth-order valence-electron chi connectivity index (χ4n) is 1.08. The van der Waals surface area contributed by atoms with Crippen molar-refractivity contribution in [2.24, 2.45) is 5.73 Å². The van der Waals surface area contributed by atoms with Gasteiger partial charge in [0.25, 0.3) is 5.09 Å². The fourth-order valence-corrected chi connectivity index (χ4v) is 1.08. The Kier molecular flexibility index (Phi) is 5.39. The molecule has 1 heterocycles. The van der Waals surface area contributed by atoms with Gasteiger partial charge in [0.05, 0.1) is 6.10 Å². The van der Waals surface area contributed by atoms with Crippen LogP contribution in [0.25, 0.3) is 0 Å². The average molecular weight is 226 g/mol. The van der Waals surface area contributed by atoms with E-state index in [1.165, 1.54) is 0 Å². The molecular weight excluding hydrogens is 212 g/mol. The molecule has 0 aliphatic carbocycles. The molecule has 1 aliphatic rings. The van der Waals surface area contributed by atoms with Gasteiger partial charge in [0.15, 0.2) is 0 Å². The van der Waals surface area contributed by atoms with E-state index in [4.69, 9.17) is 41.1 Å². The Labute approximate surface area is 84.8 Å². The molecule has 0 aromatic carbocycles. The van der Waals surface area contributed by atoms with E-state index >= 15 is 0 Å². The highest BCUT2D eigenvalue weighted by Crippen LogP contribution is 2.17. The predicted molar refractivity (Wildman–Crippen MR) is 45.3 cm³/mol. The number of hydrogen-bond donors (Lipinski definition) is 5. The van der Waals surface area contributed by atoms with Gasteiger partial charge in [-0.25, -0.2) is 0 Å². The molecule has 0 aromatic rings. The van der Waals surface area contributed by atoms with Gasteiger partial charge in [0.1, 0.15) is 24.5 Å². The first-order valence-electron chi connectivity index (χ1n) is 4.06. The zero-order chi connectivity index (χ0) is 12.2. The van der Waals surface area contributed by atoms with E-state index in [-0.39, 0.29) is 0 Å². The van der Waals surface area contributed by atoms with Crippen molar-refractivity contribution in [3.8, 4) is 0 Å². The summed E-state index contributed by atoms with van der Waals surface area (Å²) in [6.07, 6.45) is -4.94. The summed E-state index contributed by atoms with van der Waals surface area (Å²) in [6, 6.07) is 0. The lowest BCUT2D eigenvalue weighted by Crippen LogP contribution is -2.59. The van der Waals surface area contributed by atoms with Gasteiger partial charge in [0, 0.05) is 0 Å². The van der Waals surface area contributed by atoms with E-state index in [0.29, 0.717) is 0 Å². The zero-order valence-electron chi connectivity index (χ0n) is 7.92. The van der Waals surface area contributed by atoms with Crippen LogP contribution in [0.2, 0.25) is 0 Å². The van der Waals surface area contributed by atoms with E-state index in [2.05, 4.69) is 0 Å². The first kappa shape index (κ1) is 14.0. The molecule has 1 fully saturated rings. The van der Waals surface area contributed by atoms with Gasteiger partial charge in [-0.3, -0.25) is 0 Å². The summed E-state index contributed by atoms with van der Waals surface area (Å²) < 4.78 is 4.90. The monoisotopic (exact) mass is 226 g/mol. The average Bonchev–Trinajstić information content (AvgIpc) is 2.11. The number of hydrogen-bond acceptors (Lipinski definition) is 7. The van der Waals surface area contributed by atoms with Crippen molar-refractivity contribution in [2.75, 3.05) is 0 Å². The molecular formula is C6H14N2O7. The lowest BCUT2D eigenvalue weighted by Gasteiger charge is -2.37. The maximum atomic E-state index is 9.14. The highest BCUT2D eigenvalue weighted by Gasteiger charge is 2.39. The molecule has 0 saturated carbocycles. The minimum Gasteiger partial charge on any atom is -0.388 e. The van der Waals surface area contributed by atoms with Gasteiger partial charge >= 0.3 is 0 Å². The Bertz CT molecular complexity index is 196. The molecule has 5 atom stereocenters. The topological polar surface area (TPSA) is 159 Å². The lowest BCUT2D eigenvalue weighted by molar-refractivity contribution is -0.742. The summed E-state index contributed by atoms with van der Waals surface area (Å²) in [7, 11) is 0. The van der Waals surface area contributed by atoms with Crippen LogP contribution < -0.4 is 5.73 Å². The summed E-state index contributed by atoms with van der Waals surface area (Å²) in [5, 5.41) is 41.0. The molecule has 0 bridgehead atoms. The molecule has 0 spiro atoms. The predicted octanol–water partition coefficient (Wildman–Crippen LogP) is -2.58. The number of aliphatic hydroxyl groups is 3. The maximum Gasteiger partial charge on any atom is 0.291 e. The summed E-state index contributed by atoms with van der Waals surface area (Å²) in [4.78, 5) is 8.36. The number of ether oxygens (including phenoxy) is 1. The molecule has 0 amide bonds. The minimum atomic E-state index is -1.50. The number of nitrogens with zero attached hydrogens (tertiary/aromatic N) is 1. The normalized spacial score (nSPS) is 40.2. The van der Waals surface area contributed by atoms with Gasteiger partial charge in [-0.2, -0.15) is 0 Å². The van der Waals surface area contributed by atoms with Crippen LogP contribution in [0.5, 0.6) is 0 Å². The van der Waals surface area contributed by atoms with Crippen LogP contribution in [-0.4, -0.2) is 56.3 Å². The van der Waals surface area contributed by atoms with E-state index < -0.39 is 35.7 Å². The molecule has 1 saturated heterocycles. The molecule has 9 heteroatoms. The van der Waals surface area contributed by atoms with Crippen LogP contribution in [0.1, 0.15) is 6.92 Å². The molecule has 1 rings (SSSR count). The van der Waals surface area contributed by atoms with Gasteiger partial charge < -0.3 is 31.0 Å². The third-order valence-electron chi connectivity index (χ3n) is 1.89. The Morgan fingerprint density at radius 3 is 2.07 bits per heavy atom. The standard InChI is InChI=1S/C6H13NO4.HNO3/c1-2-3(8)4(9)5(10)6(7)11-2;2-1(3)4/h2-6,8-10H,7H2,1H3;(H,2,3,4)/t2-,3-,4+,5+,6?;/m0./s1. The van der Waals surface area contributed by atoms with E-state index in [9.17, 15) is 0 Å². The smallest absolute Gasteiger partial charge is 0.291 e. The number of aliphatic hydroxyl groups excluding tert-OH is 3. The molecule has 0 radical (unpaired) electrons. The van der Waals surface area contributed by atoms with Crippen molar-refractivity contribution in [1.82, 2.24) is 0 Å². The molecule has 0 aromatic heterocycles. The number of rotatable bonds is 0. The minimum absolute atomic E-state index is 0.539. The highest BCUT2D eigenvalue weighted by molar-refractivity contribution is 4.87. The first-order valence-corrected chi connectivity index (χ1v) is 4.06. The SMILES string of the molecule is C[C@@H]1OC(N)[C@H](O)[C@H](O)[C@H]1O.O=[N+]([O-])O. The van der Waals surface area contributed by atoms with Crippen LogP contribution in [0, 0.1) is 10.1 Å². The van der Waals surface area contributed by atoms with Gasteiger partial charge in [0.2, 0.25) is 0 Å². The quantitative estimate of drug-likeness (QED) is 0.222. The Morgan fingerprint density at radius 2 is 1.67 bits per heavy atom. The Hall–Kier alpha value is -1.00. The van der Waals surface area contributed by atoms with E-state index in [1.54, 1.807) is 6.92 Å². The molecule has 90 valence electrons. The van der Waals surface area contributed by atoms with Crippen molar-refractivity contribution in [3.05, 3.63) is 10.1 Å². The van der Waals surface area contributed by atoms with Crippen molar-refractivity contribution < 1.29 is 30.4 Å².